The Morgan fingerprint density at radius 3 is 2.71 bits per heavy atom. The molecule has 0 aromatic heterocycles. The number of hydrogen-bond donors (Lipinski definition) is 1. The van der Waals surface area contributed by atoms with Crippen molar-refractivity contribution in [2.75, 3.05) is 27.2 Å². The van der Waals surface area contributed by atoms with E-state index < -0.39 is 0 Å². The van der Waals surface area contributed by atoms with Crippen molar-refractivity contribution in [3.05, 3.63) is 29.3 Å². The highest BCUT2D eigenvalue weighted by Gasteiger charge is 2.33. The summed E-state index contributed by atoms with van der Waals surface area (Å²) in [6.45, 7) is 9.84. The van der Waals surface area contributed by atoms with E-state index in [1.54, 1.807) is 7.11 Å². The molecule has 1 aromatic rings. The lowest BCUT2D eigenvalue weighted by Gasteiger charge is -2.20. The first-order chi connectivity index (χ1) is 10.0. The van der Waals surface area contributed by atoms with Gasteiger partial charge in [0.05, 0.1) is 7.11 Å². The zero-order valence-corrected chi connectivity index (χ0v) is 14.1. The van der Waals surface area contributed by atoms with Crippen LogP contribution in [0.5, 0.6) is 5.75 Å². The molecular formula is C18H30N2O. The topological polar surface area (TPSA) is 24.5 Å². The summed E-state index contributed by atoms with van der Waals surface area (Å²) in [6.07, 6.45) is 1.39. The molecule has 1 fully saturated rings. The predicted molar refractivity (Wildman–Crippen MR) is 88.7 cm³/mol. The molecule has 1 aromatic carbocycles. The fourth-order valence-corrected chi connectivity index (χ4v) is 3.02. The fourth-order valence-electron chi connectivity index (χ4n) is 3.02. The van der Waals surface area contributed by atoms with Crippen LogP contribution >= 0.6 is 0 Å². The molecule has 118 valence electrons. The Morgan fingerprint density at radius 2 is 2.14 bits per heavy atom. The van der Waals surface area contributed by atoms with Crippen LogP contribution in [0.25, 0.3) is 0 Å². The largest absolute Gasteiger partial charge is 0.496 e. The van der Waals surface area contributed by atoms with E-state index in [9.17, 15) is 0 Å². The molecule has 3 nitrogen and oxygen atoms in total. The van der Waals surface area contributed by atoms with Gasteiger partial charge in [-0.05, 0) is 56.5 Å². The third kappa shape index (κ3) is 4.45. The molecule has 0 aliphatic heterocycles. The number of benzene rings is 1. The first-order valence-electron chi connectivity index (χ1n) is 8.13. The normalized spacial score (nSPS) is 22.4. The summed E-state index contributed by atoms with van der Waals surface area (Å²) in [5, 5.41) is 3.47. The third-order valence-corrected chi connectivity index (χ3v) is 4.58. The highest BCUT2D eigenvalue weighted by molar-refractivity contribution is 5.38. The van der Waals surface area contributed by atoms with Gasteiger partial charge in [-0.3, -0.25) is 0 Å². The van der Waals surface area contributed by atoms with Crippen molar-refractivity contribution in [1.82, 2.24) is 10.2 Å². The van der Waals surface area contributed by atoms with Crippen molar-refractivity contribution < 1.29 is 4.74 Å². The SMILES string of the molecule is CCNC(C)c1ccc(OC)c(CN(C)CC2CC2C)c1. The van der Waals surface area contributed by atoms with Gasteiger partial charge in [0.2, 0.25) is 0 Å². The first-order valence-corrected chi connectivity index (χ1v) is 8.13. The van der Waals surface area contributed by atoms with E-state index in [2.05, 4.69) is 56.2 Å². The molecule has 2 rings (SSSR count). The zero-order valence-electron chi connectivity index (χ0n) is 14.1. The van der Waals surface area contributed by atoms with Crippen molar-refractivity contribution in [3.63, 3.8) is 0 Å². The van der Waals surface area contributed by atoms with E-state index in [-0.39, 0.29) is 0 Å². The Bertz CT molecular complexity index is 461. The Hall–Kier alpha value is -1.06. The standard InChI is InChI=1S/C18H30N2O/c1-6-19-14(3)15-7-8-18(21-5)17(10-15)12-20(4)11-16-9-13(16)2/h7-8,10,13-14,16,19H,6,9,11-12H2,1-5H3. The van der Waals surface area contributed by atoms with Crippen molar-refractivity contribution in [1.29, 1.82) is 0 Å². The summed E-state index contributed by atoms with van der Waals surface area (Å²) in [5.41, 5.74) is 2.62. The molecule has 0 radical (unpaired) electrons. The van der Waals surface area contributed by atoms with Crippen molar-refractivity contribution in [2.45, 2.75) is 39.8 Å². The van der Waals surface area contributed by atoms with Crippen molar-refractivity contribution in [3.8, 4) is 5.75 Å². The summed E-state index contributed by atoms with van der Waals surface area (Å²) < 4.78 is 5.54. The summed E-state index contributed by atoms with van der Waals surface area (Å²) in [5.74, 6) is 2.80. The van der Waals surface area contributed by atoms with Crippen LogP contribution in [0.1, 0.15) is 44.4 Å². The van der Waals surface area contributed by atoms with Gasteiger partial charge in [0.1, 0.15) is 5.75 Å². The van der Waals surface area contributed by atoms with E-state index in [0.29, 0.717) is 6.04 Å². The molecule has 21 heavy (non-hydrogen) atoms. The van der Waals surface area contributed by atoms with Crippen molar-refractivity contribution >= 4 is 0 Å². The van der Waals surface area contributed by atoms with Crippen LogP contribution in [0.3, 0.4) is 0 Å². The molecule has 0 amide bonds. The molecule has 3 heteroatoms. The second-order valence-electron chi connectivity index (χ2n) is 6.52. The van der Waals surface area contributed by atoms with E-state index in [1.165, 1.54) is 24.1 Å². The van der Waals surface area contributed by atoms with Gasteiger partial charge in [-0.2, -0.15) is 0 Å². The van der Waals surface area contributed by atoms with Gasteiger partial charge in [-0.25, -0.2) is 0 Å². The lowest BCUT2D eigenvalue weighted by atomic mass is 10.0. The minimum Gasteiger partial charge on any atom is -0.496 e. The lowest BCUT2D eigenvalue weighted by molar-refractivity contribution is 0.300. The van der Waals surface area contributed by atoms with E-state index in [0.717, 1.165) is 30.7 Å². The van der Waals surface area contributed by atoms with Gasteiger partial charge in [0.25, 0.3) is 0 Å². The summed E-state index contributed by atoms with van der Waals surface area (Å²) in [4.78, 5) is 2.42. The number of rotatable bonds is 8. The smallest absolute Gasteiger partial charge is 0.123 e. The highest BCUT2D eigenvalue weighted by atomic mass is 16.5. The second-order valence-corrected chi connectivity index (χ2v) is 6.52. The Kier molecular flexibility index (Phi) is 5.65. The Balaban J connectivity index is 2.06. The van der Waals surface area contributed by atoms with Crippen LogP contribution in [0.4, 0.5) is 0 Å². The fraction of sp³-hybridized carbons (Fsp3) is 0.667. The predicted octanol–water partition coefficient (Wildman–Crippen LogP) is 3.45. The first kappa shape index (κ1) is 16.3. The number of nitrogens with zero attached hydrogens (tertiary/aromatic N) is 1. The maximum atomic E-state index is 5.54. The number of hydrogen-bond acceptors (Lipinski definition) is 3. The molecule has 3 unspecified atom stereocenters. The summed E-state index contributed by atoms with van der Waals surface area (Å²) >= 11 is 0. The molecule has 0 saturated heterocycles. The highest BCUT2D eigenvalue weighted by Crippen LogP contribution is 2.38. The van der Waals surface area contributed by atoms with Gasteiger partial charge < -0.3 is 15.0 Å². The quantitative estimate of drug-likeness (QED) is 0.793. The van der Waals surface area contributed by atoms with Gasteiger partial charge in [-0.1, -0.05) is 19.9 Å². The molecule has 1 aliphatic rings. The lowest BCUT2D eigenvalue weighted by Crippen LogP contribution is -2.22. The molecule has 1 aliphatic carbocycles. The molecule has 0 bridgehead atoms. The molecule has 1 saturated carbocycles. The van der Waals surface area contributed by atoms with Crippen LogP contribution in [0.2, 0.25) is 0 Å². The summed E-state index contributed by atoms with van der Waals surface area (Å²) in [6, 6.07) is 6.94. The average molecular weight is 290 g/mol. The molecule has 0 heterocycles. The maximum Gasteiger partial charge on any atom is 0.123 e. The van der Waals surface area contributed by atoms with Gasteiger partial charge in [0.15, 0.2) is 0 Å². The van der Waals surface area contributed by atoms with Crippen LogP contribution in [-0.2, 0) is 6.54 Å². The minimum absolute atomic E-state index is 0.383. The zero-order chi connectivity index (χ0) is 15.4. The van der Waals surface area contributed by atoms with Crippen LogP contribution in [0.15, 0.2) is 18.2 Å². The number of ether oxygens (including phenoxy) is 1. The molecular weight excluding hydrogens is 260 g/mol. The van der Waals surface area contributed by atoms with Gasteiger partial charge >= 0.3 is 0 Å². The summed E-state index contributed by atoms with van der Waals surface area (Å²) in [7, 11) is 3.97. The number of methoxy groups -OCH3 is 1. The Morgan fingerprint density at radius 1 is 1.43 bits per heavy atom. The van der Waals surface area contributed by atoms with E-state index in [1.807, 2.05) is 0 Å². The minimum atomic E-state index is 0.383. The van der Waals surface area contributed by atoms with Crippen LogP contribution in [-0.4, -0.2) is 32.1 Å². The molecule has 0 spiro atoms. The van der Waals surface area contributed by atoms with Crippen LogP contribution < -0.4 is 10.1 Å². The van der Waals surface area contributed by atoms with Crippen molar-refractivity contribution in [2.24, 2.45) is 11.8 Å². The van der Waals surface area contributed by atoms with Crippen LogP contribution in [0, 0.1) is 11.8 Å². The Labute approximate surface area is 129 Å². The van der Waals surface area contributed by atoms with E-state index >= 15 is 0 Å². The molecule has 3 atom stereocenters. The monoisotopic (exact) mass is 290 g/mol. The third-order valence-electron chi connectivity index (χ3n) is 4.58. The van der Waals surface area contributed by atoms with E-state index in [4.69, 9.17) is 4.74 Å². The number of nitrogens with one attached hydrogen (secondary N) is 1. The molecule has 1 N–H and O–H groups in total. The van der Waals surface area contributed by atoms with Gasteiger partial charge in [0, 0.05) is 24.7 Å². The average Bonchev–Trinajstić information content (AvgIpc) is 3.14. The maximum absolute atomic E-state index is 5.54. The van der Waals surface area contributed by atoms with Gasteiger partial charge in [-0.15, -0.1) is 0 Å². The second kappa shape index (κ2) is 7.28.